The molecular weight excluding hydrogens is 326 g/mol. The number of benzene rings is 1. The van der Waals surface area contributed by atoms with Gasteiger partial charge >= 0.3 is 0 Å². The first-order valence-corrected chi connectivity index (χ1v) is 8.98. The number of hydrogen-bond donors (Lipinski definition) is 3. The highest BCUT2D eigenvalue weighted by molar-refractivity contribution is 5.79. The van der Waals surface area contributed by atoms with Crippen LogP contribution in [0.25, 0.3) is 0 Å². The van der Waals surface area contributed by atoms with Gasteiger partial charge in [-0.1, -0.05) is 36.4 Å². The number of rotatable bonds is 8. The van der Waals surface area contributed by atoms with E-state index in [0.29, 0.717) is 19.5 Å². The maximum absolute atomic E-state index is 10.2. The third-order valence-corrected chi connectivity index (χ3v) is 3.89. The van der Waals surface area contributed by atoms with Gasteiger partial charge in [0, 0.05) is 27.2 Å². The van der Waals surface area contributed by atoms with Crippen molar-refractivity contribution in [2.45, 2.75) is 26.0 Å². The molecule has 0 aliphatic heterocycles. The zero-order chi connectivity index (χ0) is 18.8. The minimum absolute atomic E-state index is 0.481. The van der Waals surface area contributed by atoms with Gasteiger partial charge in [0.1, 0.15) is 5.82 Å². The largest absolute Gasteiger partial charge is 0.388 e. The maximum Gasteiger partial charge on any atom is 0.191 e. The monoisotopic (exact) mass is 355 g/mol. The van der Waals surface area contributed by atoms with Crippen LogP contribution in [0.1, 0.15) is 30.7 Å². The zero-order valence-corrected chi connectivity index (χ0v) is 15.8. The summed E-state index contributed by atoms with van der Waals surface area (Å²) >= 11 is 0. The molecule has 0 amide bonds. The summed E-state index contributed by atoms with van der Waals surface area (Å²) in [6.07, 6.45) is 0.132. The summed E-state index contributed by atoms with van der Waals surface area (Å²) in [5.74, 6) is 1.64. The van der Waals surface area contributed by atoms with Gasteiger partial charge in [0.2, 0.25) is 0 Å². The Morgan fingerprint density at radius 1 is 1.12 bits per heavy atom. The Morgan fingerprint density at radius 2 is 1.88 bits per heavy atom. The number of anilines is 1. The molecule has 1 aromatic carbocycles. The van der Waals surface area contributed by atoms with E-state index < -0.39 is 6.10 Å². The summed E-state index contributed by atoms with van der Waals surface area (Å²) in [4.78, 5) is 11.1. The molecule has 0 saturated carbocycles. The molecule has 6 heteroatoms. The molecule has 26 heavy (non-hydrogen) atoms. The number of aliphatic hydroxyl groups excluding tert-OH is 1. The van der Waals surface area contributed by atoms with Crippen molar-refractivity contribution in [3.63, 3.8) is 0 Å². The molecule has 1 aromatic heterocycles. The zero-order valence-electron chi connectivity index (χ0n) is 15.8. The molecule has 0 aliphatic rings. The molecule has 0 bridgehead atoms. The lowest BCUT2D eigenvalue weighted by molar-refractivity contribution is 0.168. The van der Waals surface area contributed by atoms with Crippen molar-refractivity contribution in [3.05, 3.63) is 59.8 Å². The minimum Gasteiger partial charge on any atom is -0.388 e. The van der Waals surface area contributed by atoms with E-state index in [-0.39, 0.29) is 0 Å². The van der Waals surface area contributed by atoms with Crippen molar-refractivity contribution in [2.24, 2.45) is 4.99 Å². The Labute approximate surface area is 156 Å². The van der Waals surface area contributed by atoms with Gasteiger partial charge in [-0.25, -0.2) is 9.98 Å². The number of aliphatic imine (C=N–C) groups is 1. The van der Waals surface area contributed by atoms with Crippen molar-refractivity contribution in [3.8, 4) is 0 Å². The first kappa shape index (κ1) is 19.7. The number of hydrogen-bond acceptors (Lipinski definition) is 4. The van der Waals surface area contributed by atoms with Crippen LogP contribution in [0.2, 0.25) is 0 Å². The van der Waals surface area contributed by atoms with E-state index in [1.165, 1.54) is 0 Å². The third kappa shape index (κ3) is 6.37. The van der Waals surface area contributed by atoms with E-state index in [2.05, 4.69) is 20.6 Å². The maximum atomic E-state index is 10.2. The normalized spacial score (nSPS) is 12.5. The summed E-state index contributed by atoms with van der Waals surface area (Å²) in [5.41, 5.74) is 1.85. The summed E-state index contributed by atoms with van der Waals surface area (Å²) in [5, 5.41) is 16.7. The molecule has 0 spiro atoms. The minimum atomic E-state index is -0.481. The Hall–Kier alpha value is -2.60. The second kappa shape index (κ2) is 10.4. The first-order chi connectivity index (χ1) is 12.6. The fraction of sp³-hybridized carbons (Fsp3) is 0.400. The van der Waals surface area contributed by atoms with Crippen molar-refractivity contribution in [1.29, 1.82) is 0 Å². The van der Waals surface area contributed by atoms with Gasteiger partial charge in [-0.3, -0.25) is 0 Å². The lowest BCUT2D eigenvalue weighted by atomic mass is 10.1. The molecule has 0 aliphatic carbocycles. The van der Waals surface area contributed by atoms with Gasteiger partial charge in [0.25, 0.3) is 0 Å². The summed E-state index contributed by atoms with van der Waals surface area (Å²) < 4.78 is 0. The van der Waals surface area contributed by atoms with Crippen molar-refractivity contribution in [2.75, 3.05) is 32.1 Å². The van der Waals surface area contributed by atoms with Crippen LogP contribution in [-0.2, 0) is 6.54 Å². The predicted molar refractivity (Wildman–Crippen MR) is 107 cm³/mol. The highest BCUT2D eigenvalue weighted by Gasteiger charge is 2.07. The molecule has 140 valence electrons. The van der Waals surface area contributed by atoms with E-state index in [9.17, 15) is 5.11 Å². The molecule has 1 unspecified atom stereocenters. The topological polar surface area (TPSA) is 72.8 Å². The van der Waals surface area contributed by atoms with Gasteiger partial charge in [0.15, 0.2) is 5.96 Å². The third-order valence-electron chi connectivity index (χ3n) is 3.89. The van der Waals surface area contributed by atoms with Crippen molar-refractivity contribution >= 4 is 11.8 Å². The van der Waals surface area contributed by atoms with Gasteiger partial charge in [-0.2, -0.15) is 0 Å². The molecule has 2 aromatic rings. The first-order valence-electron chi connectivity index (χ1n) is 8.98. The average molecular weight is 355 g/mol. The highest BCUT2D eigenvalue weighted by Crippen LogP contribution is 2.14. The van der Waals surface area contributed by atoms with Crippen LogP contribution in [0.3, 0.4) is 0 Å². The van der Waals surface area contributed by atoms with Crippen LogP contribution in [0, 0.1) is 0 Å². The van der Waals surface area contributed by atoms with Crippen LogP contribution in [0.5, 0.6) is 0 Å². The lowest BCUT2D eigenvalue weighted by Crippen LogP contribution is -2.38. The molecule has 1 atom stereocenters. The van der Waals surface area contributed by atoms with Gasteiger partial charge in [-0.15, -0.1) is 0 Å². The number of aromatic nitrogens is 1. The smallest absolute Gasteiger partial charge is 0.191 e. The van der Waals surface area contributed by atoms with Crippen LogP contribution < -0.4 is 15.5 Å². The van der Waals surface area contributed by atoms with E-state index in [1.54, 1.807) is 0 Å². The second-order valence-electron chi connectivity index (χ2n) is 6.22. The molecule has 6 nitrogen and oxygen atoms in total. The number of nitrogens with zero attached hydrogens (tertiary/aromatic N) is 3. The highest BCUT2D eigenvalue weighted by atomic mass is 16.3. The van der Waals surface area contributed by atoms with Crippen LogP contribution in [0.15, 0.2) is 53.5 Å². The summed E-state index contributed by atoms with van der Waals surface area (Å²) in [6.45, 7) is 3.94. The molecule has 2 rings (SSSR count). The summed E-state index contributed by atoms with van der Waals surface area (Å²) in [7, 11) is 3.94. The molecule has 0 radical (unpaired) electrons. The van der Waals surface area contributed by atoms with E-state index in [1.807, 2.05) is 74.4 Å². The van der Waals surface area contributed by atoms with Crippen molar-refractivity contribution in [1.82, 2.24) is 15.6 Å². The van der Waals surface area contributed by atoms with E-state index >= 15 is 0 Å². The predicted octanol–water partition coefficient (Wildman–Crippen LogP) is 2.33. The number of guanidine groups is 1. The fourth-order valence-electron chi connectivity index (χ4n) is 2.48. The molecule has 0 saturated heterocycles. The Kier molecular flexibility index (Phi) is 7.89. The van der Waals surface area contributed by atoms with Crippen LogP contribution in [-0.4, -0.2) is 43.2 Å². The van der Waals surface area contributed by atoms with Crippen molar-refractivity contribution < 1.29 is 5.11 Å². The average Bonchev–Trinajstić information content (AvgIpc) is 2.67. The Morgan fingerprint density at radius 3 is 2.58 bits per heavy atom. The van der Waals surface area contributed by atoms with E-state index in [4.69, 9.17) is 0 Å². The SMILES string of the molecule is CCNC(=NCc1cccc(N(C)C)n1)NCCC(O)c1ccccc1. The van der Waals surface area contributed by atoms with Crippen LogP contribution >= 0.6 is 0 Å². The molecular formula is C20H29N5O. The molecule has 0 fully saturated rings. The van der Waals surface area contributed by atoms with Gasteiger partial charge < -0.3 is 20.6 Å². The van der Waals surface area contributed by atoms with Gasteiger partial charge in [0.05, 0.1) is 18.3 Å². The molecule has 1 heterocycles. The Balaban J connectivity index is 1.89. The summed E-state index contributed by atoms with van der Waals surface area (Å²) in [6, 6.07) is 15.6. The fourth-order valence-corrected chi connectivity index (χ4v) is 2.48. The molecule has 3 N–H and O–H groups in total. The Bertz CT molecular complexity index is 688. The quantitative estimate of drug-likeness (QED) is 0.501. The lowest BCUT2D eigenvalue weighted by Gasteiger charge is -2.15. The van der Waals surface area contributed by atoms with Crippen LogP contribution in [0.4, 0.5) is 5.82 Å². The van der Waals surface area contributed by atoms with Gasteiger partial charge in [-0.05, 0) is 31.0 Å². The second-order valence-corrected chi connectivity index (χ2v) is 6.22. The number of nitrogens with one attached hydrogen (secondary N) is 2. The van der Waals surface area contributed by atoms with E-state index in [0.717, 1.165) is 29.6 Å². The number of aliphatic hydroxyl groups is 1. The number of pyridine rings is 1. The standard InChI is InChI=1S/C20H29N5O/c1-4-21-20(22-14-13-18(26)16-9-6-5-7-10-16)23-15-17-11-8-12-19(24-17)25(2)3/h5-12,18,26H,4,13-15H2,1-3H3,(H2,21,22,23).